The van der Waals surface area contributed by atoms with Crippen molar-refractivity contribution in [1.29, 1.82) is 0 Å². The van der Waals surface area contributed by atoms with Crippen molar-refractivity contribution >= 4 is 33.4 Å². The van der Waals surface area contributed by atoms with E-state index in [0.717, 1.165) is 10.0 Å². The predicted molar refractivity (Wildman–Crippen MR) is 87.4 cm³/mol. The summed E-state index contributed by atoms with van der Waals surface area (Å²) in [7, 11) is 1.39. The normalized spacial score (nSPS) is 10.1. The molecule has 5 nitrogen and oxygen atoms in total. The van der Waals surface area contributed by atoms with Gasteiger partial charge in [-0.15, -0.1) is 0 Å². The monoisotopic (exact) mass is 362 g/mol. The smallest absolute Gasteiger partial charge is 0.255 e. The molecular weight excluding hydrogens is 348 g/mol. The van der Waals surface area contributed by atoms with Crippen molar-refractivity contribution in [2.45, 2.75) is 6.42 Å². The number of amides is 2. The Labute approximate surface area is 136 Å². The van der Waals surface area contributed by atoms with Gasteiger partial charge in [-0.05, 0) is 42.0 Å². The topological polar surface area (TPSA) is 67.4 Å². The van der Waals surface area contributed by atoms with Crippen molar-refractivity contribution in [3.8, 4) is 0 Å². The average molecular weight is 363 g/mol. The van der Waals surface area contributed by atoms with Crippen LogP contribution in [0.4, 0.5) is 5.69 Å². The Bertz CT molecular complexity index is 654. The highest BCUT2D eigenvalue weighted by Gasteiger charge is 2.07. The first kappa shape index (κ1) is 16.2. The van der Waals surface area contributed by atoms with Crippen LogP contribution >= 0.6 is 15.9 Å². The Hall–Kier alpha value is -2.18. The fourth-order valence-corrected chi connectivity index (χ4v) is 2.11. The van der Waals surface area contributed by atoms with Gasteiger partial charge >= 0.3 is 0 Å². The van der Waals surface area contributed by atoms with E-state index in [0.29, 0.717) is 11.3 Å². The molecule has 0 aliphatic heterocycles. The summed E-state index contributed by atoms with van der Waals surface area (Å²) in [6.45, 7) is 0. The highest BCUT2D eigenvalue weighted by Crippen LogP contribution is 2.14. The fourth-order valence-electron chi connectivity index (χ4n) is 1.85. The molecule has 2 N–H and O–H groups in total. The molecule has 0 heterocycles. The molecule has 0 aromatic heterocycles. The Morgan fingerprint density at radius 3 is 2.27 bits per heavy atom. The Balaban J connectivity index is 1.97. The fraction of sp³-hybridized carbons (Fsp3) is 0.125. The molecular formula is C16H15BrN2O3. The maximum atomic E-state index is 12.1. The number of nitrogens with one attached hydrogen (secondary N) is 2. The van der Waals surface area contributed by atoms with Crippen LogP contribution in [0.25, 0.3) is 0 Å². The third-order valence-electron chi connectivity index (χ3n) is 2.90. The Morgan fingerprint density at radius 2 is 1.68 bits per heavy atom. The SMILES string of the molecule is CONC(=O)Cc1ccc(NC(=O)c2ccc(Br)cc2)cc1. The molecule has 114 valence electrons. The molecule has 0 aliphatic carbocycles. The van der Waals surface area contributed by atoms with Crippen molar-refractivity contribution in [2.24, 2.45) is 0 Å². The second kappa shape index (κ2) is 7.72. The second-order valence-electron chi connectivity index (χ2n) is 4.56. The van der Waals surface area contributed by atoms with E-state index in [4.69, 9.17) is 0 Å². The molecule has 0 saturated carbocycles. The maximum absolute atomic E-state index is 12.1. The molecule has 2 rings (SSSR count). The number of carbonyl (C=O) groups is 2. The summed E-state index contributed by atoms with van der Waals surface area (Å²) < 4.78 is 0.919. The summed E-state index contributed by atoms with van der Waals surface area (Å²) in [6.07, 6.45) is 0.217. The largest absolute Gasteiger partial charge is 0.322 e. The van der Waals surface area contributed by atoms with E-state index >= 15 is 0 Å². The van der Waals surface area contributed by atoms with Crippen LogP contribution in [0.5, 0.6) is 0 Å². The summed E-state index contributed by atoms with van der Waals surface area (Å²) >= 11 is 3.33. The van der Waals surface area contributed by atoms with Crippen LogP contribution < -0.4 is 10.8 Å². The molecule has 0 radical (unpaired) electrons. The first-order valence-electron chi connectivity index (χ1n) is 6.56. The number of benzene rings is 2. The molecule has 0 spiro atoms. The zero-order chi connectivity index (χ0) is 15.9. The Kier molecular flexibility index (Phi) is 5.68. The van der Waals surface area contributed by atoms with Gasteiger partial charge in [0.1, 0.15) is 0 Å². The van der Waals surface area contributed by atoms with Crippen LogP contribution in [0.2, 0.25) is 0 Å². The van der Waals surface area contributed by atoms with Gasteiger partial charge in [-0.3, -0.25) is 14.4 Å². The van der Waals surface area contributed by atoms with Crippen LogP contribution in [0, 0.1) is 0 Å². The molecule has 0 saturated heterocycles. The van der Waals surface area contributed by atoms with Gasteiger partial charge in [0.25, 0.3) is 5.91 Å². The maximum Gasteiger partial charge on any atom is 0.255 e. The van der Waals surface area contributed by atoms with Gasteiger partial charge in [0.2, 0.25) is 5.91 Å². The predicted octanol–water partition coefficient (Wildman–Crippen LogP) is 2.92. The molecule has 2 aromatic rings. The van der Waals surface area contributed by atoms with E-state index < -0.39 is 0 Å². The lowest BCUT2D eigenvalue weighted by Gasteiger charge is -2.07. The van der Waals surface area contributed by atoms with E-state index in [1.165, 1.54) is 7.11 Å². The van der Waals surface area contributed by atoms with E-state index in [9.17, 15) is 9.59 Å². The lowest BCUT2D eigenvalue weighted by atomic mass is 10.1. The van der Waals surface area contributed by atoms with E-state index in [2.05, 4.69) is 31.6 Å². The molecule has 6 heteroatoms. The number of rotatable bonds is 5. The van der Waals surface area contributed by atoms with E-state index in [1.807, 2.05) is 12.1 Å². The molecule has 0 unspecified atom stereocenters. The molecule has 0 atom stereocenters. The minimum absolute atomic E-state index is 0.183. The van der Waals surface area contributed by atoms with Crippen molar-refractivity contribution in [3.63, 3.8) is 0 Å². The number of hydrogen-bond donors (Lipinski definition) is 2. The first-order chi connectivity index (χ1) is 10.6. The van der Waals surface area contributed by atoms with Gasteiger partial charge < -0.3 is 5.32 Å². The van der Waals surface area contributed by atoms with Crippen molar-refractivity contribution in [1.82, 2.24) is 5.48 Å². The number of carbonyl (C=O) groups excluding carboxylic acids is 2. The number of hydrogen-bond acceptors (Lipinski definition) is 3. The van der Waals surface area contributed by atoms with Crippen LogP contribution in [-0.4, -0.2) is 18.9 Å². The summed E-state index contributed by atoms with van der Waals surface area (Å²) in [4.78, 5) is 28.0. The summed E-state index contributed by atoms with van der Waals surface area (Å²) in [6, 6.07) is 14.2. The van der Waals surface area contributed by atoms with Crippen LogP contribution in [0.15, 0.2) is 53.0 Å². The van der Waals surface area contributed by atoms with Gasteiger partial charge in [-0.1, -0.05) is 28.1 Å². The lowest BCUT2D eigenvalue weighted by molar-refractivity contribution is -0.130. The summed E-state index contributed by atoms with van der Waals surface area (Å²) in [5, 5.41) is 2.80. The molecule has 2 amide bonds. The summed E-state index contributed by atoms with van der Waals surface area (Å²) in [5.41, 5.74) is 4.33. The van der Waals surface area contributed by atoms with Crippen LogP contribution in [-0.2, 0) is 16.1 Å². The Morgan fingerprint density at radius 1 is 1.05 bits per heavy atom. The average Bonchev–Trinajstić information content (AvgIpc) is 2.50. The molecule has 22 heavy (non-hydrogen) atoms. The van der Waals surface area contributed by atoms with Crippen molar-refractivity contribution in [2.75, 3.05) is 12.4 Å². The third kappa shape index (κ3) is 4.68. The standard InChI is InChI=1S/C16H15BrN2O3/c1-22-19-15(20)10-11-2-8-14(9-3-11)18-16(21)12-4-6-13(17)7-5-12/h2-9H,10H2,1H3,(H,18,21)(H,19,20). The first-order valence-corrected chi connectivity index (χ1v) is 7.35. The van der Waals surface area contributed by atoms with Crippen molar-refractivity contribution in [3.05, 3.63) is 64.1 Å². The van der Waals surface area contributed by atoms with Gasteiger partial charge in [-0.25, -0.2) is 5.48 Å². The van der Waals surface area contributed by atoms with E-state index in [-0.39, 0.29) is 18.2 Å². The molecule has 0 bridgehead atoms. The lowest BCUT2D eigenvalue weighted by Crippen LogP contribution is -2.23. The quantitative estimate of drug-likeness (QED) is 0.803. The van der Waals surface area contributed by atoms with Gasteiger partial charge in [0, 0.05) is 15.7 Å². The van der Waals surface area contributed by atoms with Crippen LogP contribution in [0.1, 0.15) is 15.9 Å². The minimum Gasteiger partial charge on any atom is -0.322 e. The van der Waals surface area contributed by atoms with Gasteiger partial charge in [0.05, 0.1) is 13.5 Å². The third-order valence-corrected chi connectivity index (χ3v) is 3.43. The number of anilines is 1. The molecule has 0 aliphatic rings. The van der Waals surface area contributed by atoms with Gasteiger partial charge in [-0.2, -0.15) is 0 Å². The van der Waals surface area contributed by atoms with Crippen LogP contribution in [0.3, 0.4) is 0 Å². The van der Waals surface area contributed by atoms with E-state index in [1.54, 1.807) is 36.4 Å². The minimum atomic E-state index is -0.228. The molecule has 2 aromatic carbocycles. The van der Waals surface area contributed by atoms with Crippen molar-refractivity contribution < 1.29 is 14.4 Å². The molecule has 0 fully saturated rings. The van der Waals surface area contributed by atoms with Gasteiger partial charge in [0.15, 0.2) is 0 Å². The highest BCUT2D eigenvalue weighted by atomic mass is 79.9. The zero-order valence-corrected chi connectivity index (χ0v) is 13.5. The number of halogens is 1. The zero-order valence-electron chi connectivity index (χ0n) is 11.9. The number of hydroxylamine groups is 1. The highest BCUT2D eigenvalue weighted by molar-refractivity contribution is 9.10. The second-order valence-corrected chi connectivity index (χ2v) is 5.48. The summed E-state index contributed by atoms with van der Waals surface area (Å²) in [5.74, 6) is -0.411.